The van der Waals surface area contributed by atoms with Crippen LogP contribution in [0.2, 0.25) is 5.02 Å². The molecular formula is C14H14ClN3O3. The number of halogens is 1. The first kappa shape index (κ1) is 15.1. The van der Waals surface area contributed by atoms with E-state index in [2.05, 4.69) is 15.3 Å². The first-order valence-electron chi connectivity index (χ1n) is 6.13. The number of nitrogens with one attached hydrogen (secondary N) is 1. The van der Waals surface area contributed by atoms with E-state index in [9.17, 15) is 4.79 Å². The zero-order chi connectivity index (χ0) is 15.2. The van der Waals surface area contributed by atoms with Crippen molar-refractivity contribution in [2.45, 2.75) is 6.92 Å². The van der Waals surface area contributed by atoms with Gasteiger partial charge in [0.15, 0.2) is 6.61 Å². The molecule has 1 amide bonds. The second kappa shape index (κ2) is 6.90. The van der Waals surface area contributed by atoms with E-state index in [1.54, 1.807) is 18.2 Å². The summed E-state index contributed by atoms with van der Waals surface area (Å²) in [7, 11) is 1.49. The summed E-state index contributed by atoms with van der Waals surface area (Å²) in [5, 5.41) is 3.24. The molecule has 0 aliphatic heterocycles. The van der Waals surface area contributed by atoms with Crippen LogP contribution in [0.3, 0.4) is 0 Å². The van der Waals surface area contributed by atoms with Gasteiger partial charge in [0.05, 0.1) is 7.11 Å². The maximum absolute atomic E-state index is 11.8. The maximum Gasteiger partial charge on any atom is 0.263 e. The molecule has 0 aliphatic carbocycles. The largest absolute Gasteiger partial charge is 0.484 e. The SMILES string of the molecule is COc1cc(NC(=O)COc2ccc(Cl)c(C)c2)ncn1. The molecule has 0 saturated heterocycles. The number of methoxy groups -OCH3 is 1. The number of ether oxygens (including phenoxy) is 2. The van der Waals surface area contributed by atoms with Crippen LogP contribution in [-0.2, 0) is 4.79 Å². The lowest BCUT2D eigenvalue weighted by atomic mass is 10.2. The normalized spacial score (nSPS) is 10.0. The summed E-state index contributed by atoms with van der Waals surface area (Å²) in [6.45, 7) is 1.73. The monoisotopic (exact) mass is 307 g/mol. The molecule has 1 aromatic heterocycles. The fourth-order valence-electron chi connectivity index (χ4n) is 1.55. The Labute approximate surface area is 127 Å². The standard InChI is InChI=1S/C14H14ClN3O3/c1-9-5-10(3-4-11(9)15)21-7-13(19)18-12-6-14(20-2)17-8-16-12/h3-6,8H,7H2,1-2H3,(H,16,17,18,19). The fraction of sp³-hybridized carbons (Fsp3) is 0.214. The molecule has 0 spiro atoms. The summed E-state index contributed by atoms with van der Waals surface area (Å²) >= 11 is 5.92. The highest BCUT2D eigenvalue weighted by Crippen LogP contribution is 2.21. The van der Waals surface area contributed by atoms with E-state index in [1.807, 2.05) is 6.92 Å². The minimum absolute atomic E-state index is 0.132. The molecule has 110 valence electrons. The first-order chi connectivity index (χ1) is 10.1. The Morgan fingerprint density at radius 2 is 2.14 bits per heavy atom. The number of nitrogens with zero attached hydrogens (tertiary/aromatic N) is 2. The van der Waals surface area contributed by atoms with Crippen LogP contribution in [0.1, 0.15) is 5.56 Å². The Morgan fingerprint density at radius 1 is 1.33 bits per heavy atom. The molecule has 0 bridgehead atoms. The van der Waals surface area contributed by atoms with Gasteiger partial charge in [-0.05, 0) is 30.7 Å². The summed E-state index contributed by atoms with van der Waals surface area (Å²) in [6.07, 6.45) is 1.30. The Bertz CT molecular complexity index is 649. The molecule has 1 heterocycles. The first-order valence-corrected chi connectivity index (χ1v) is 6.51. The van der Waals surface area contributed by atoms with Crippen molar-refractivity contribution in [2.24, 2.45) is 0 Å². The highest BCUT2D eigenvalue weighted by molar-refractivity contribution is 6.31. The van der Waals surface area contributed by atoms with E-state index in [0.717, 1.165) is 5.56 Å². The number of carbonyl (C=O) groups excluding carboxylic acids is 1. The smallest absolute Gasteiger partial charge is 0.263 e. The van der Waals surface area contributed by atoms with Crippen molar-refractivity contribution < 1.29 is 14.3 Å². The third-order valence-corrected chi connectivity index (χ3v) is 3.04. The summed E-state index contributed by atoms with van der Waals surface area (Å²) < 4.78 is 10.3. The molecule has 0 atom stereocenters. The lowest BCUT2D eigenvalue weighted by Gasteiger charge is -2.08. The zero-order valence-corrected chi connectivity index (χ0v) is 12.3. The molecule has 1 N–H and O–H groups in total. The molecule has 7 heteroatoms. The van der Waals surface area contributed by atoms with E-state index >= 15 is 0 Å². The predicted octanol–water partition coefficient (Wildman–Crippen LogP) is 2.46. The average molecular weight is 308 g/mol. The van der Waals surface area contributed by atoms with Crippen LogP contribution in [0.15, 0.2) is 30.6 Å². The number of hydrogen-bond acceptors (Lipinski definition) is 5. The number of benzene rings is 1. The molecule has 2 rings (SSSR count). The Kier molecular flexibility index (Phi) is 4.94. The highest BCUT2D eigenvalue weighted by atomic mass is 35.5. The third kappa shape index (κ3) is 4.32. The van der Waals surface area contributed by atoms with Gasteiger partial charge in [0.2, 0.25) is 5.88 Å². The number of aryl methyl sites for hydroxylation is 1. The van der Waals surface area contributed by atoms with Crippen LogP contribution in [0.5, 0.6) is 11.6 Å². The Balaban J connectivity index is 1.90. The summed E-state index contributed by atoms with van der Waals surface area (Å²) in [4.78, 5) is 19.5. The van der Waals surface area contributed by atoms with Crippen LogP contribution in [0.25, 0.3) is 0 Å². The van der Waals surface area contributed by atoms with Gasteiger partial charge < -0.3 is 14.8 Å². The lowest BCUT2D eigenvalue weighted by molar-refractivity contribution is -0.118. The topological polar surface area (TPSA) is 73.3 Å². The summed E-state index contributed by atoms with van der Waals surface area (Å²) in [5.41, 5.74) is 0.884. The molecule has 21 heavy (non-hydrogen) atoms. The zero-order valence-electron chi connectivity index (χ0n) is 11.6. The molecule has 1 aromatic carbocycles. The molecular weight excluding hydrogens is 294 g/mol. The van der Waals surface area contributed by atoms with Crippen LogP contribution in [-0.4, -0.2) is 29.6 Å². The van der Waals surface area contributed by atoms with E-state index in [4.69, 9.17) is 21.1 Å². The molecule has 2 aromatic rings. The van der Waals surface area contributed by atoms with Crippen LogP contribution in [0, 0.1) is 6.92 Å². The second-order valence-corrected chi connectivity index (χ2v) is 4.60. The Hall–Kier alpha value is -2.34. The number of aromatic nitrogens is 2. The number of anilines is 1. The van der Waals surface area contributed by atoms with Gasteiger partial charge in [-0.15, -0.1) is 0 Å². The summed E-state index contributed by atoms with van der Waals surface area (Å²) in [5.74, 6) is 0.966. The van der Waals surface area contributed by atoms with Gasteiger partial charge in [-0.2, -0.15) is 0 Å². The predicted molar refractivity (Wildman–Crippen MR) is 78.9 cm³/mol. The van der Waals surface area contributed by atoms with Crippen molar-refractivity contribution in [3.05, 3.63) is 41.2 Å². The number of rotatable bonds is 5. The van der Waals surface area contributed by atoms with Crippen molar-refractivity contribution in [1.29, 1.82) is 0 Å². The molecule has 0 fully saturated rings. The van der Waals surface area contributed by atoms with E-state index in [-0.39, 0.29) is 12.5 Å². The van der Waals surface area contributed by atoms with E-state index in [1.165, 1.54) is 19.5 Å². The van der Waals surface area contributed by atoms with Gasteiger partial charge in [0.25, 0.3) is 5.91 Å². The highest BCUT2D eigenvalue weighted by Gasteiger charge is 2.06. The maximum atomic E-state index is 11.8. The van der Waals surface area contributed by atoms with Gasteiger partial charge in [0, 0.05) is 11.1 Å². The number of amides is 1. The van der Waals surface area contributed by atoms with Crippen molar-refractivity contribution in [3.8, 4) is 11.6 Å². The Morgan fingerprint density at radius 3 is 2.86 bits per heavy atom. The van der Waals surface area contributed by atoms with Gasteiger partial charge in [-0.1, -0.05) is 11.6 Å². The number of hydrogen-bond donors (Lipinski definition) is 1. The second-order valence-electron chi connectivity index (χ2n) is 4.19. The van der Waals surface area contributed by atoms with Crippen molar-refractivity contribution in [2.75, 3.05) is 19.0 Å². The van der Waals surface area contributed by atoms with Crippen molar-refractivity contribution >= 4 is 23.3 Å². The molecule has 0 aliphatic rings. The van der Waals surface area contributed by atoms with Crippen LogP contribution < -0.4 is 14.8 Å². The third-order valence-electron chi connectivity index (χ3n) is 2.62. The van der Waals surface area contributed by atoms with E-state index in [0.29, 0.717) is 22.5 Å². The fourth-order valence-corrected chi connectivity index (χ4v) is 1.67. The van der Waals surface area contributed by atoms with Gasteiger partial charge in [0.1, 0.15) is 17.9 Å². The average Bonchev–Trinajstić information content (AvgIpc) is 2.48. The van der Waals surface area contributed by atoms with Gasteiger partial charge in [-0.25, -0.2) is 9.97 Å². The van der Waals surface area contributed by atoms with Crippen molar-refractivity contribution in [1.82, 2.24) is 9.97 Å². The van der Waals surface area contributed by atoms with Crippen molar-refractivity contribution in [3.63, 3.8) is 0 Å². The van der Waals surface area contributed by atoms with Gasteiger partial charge in [-0.3, -0.25) is 4.79 Å². The minimum Gasteiger partial charge on any atom is -0.484 e. The van der Waals surface area contributed by atoms with Crippen LogP contribution >= 0.6 is 11.6 Å². The van der Waals surface area contributed by atoms with E-state index < -0.39 is 0 Å². The molecule has 0 unspecified atom stereocenters. The lowest BCUT2D eigenvalue weighted by Crippen LogP contribution is -2.20. The summed E-state index contributed by atoms with van der Waals surface area (Å²) in [6, 6.07) is 6.71. The molecule has 0 saturated carbocycles. The molecule has 0 radical (unpaired) electrons. The number of carbonyl (C=O) groups is 1. The molecule has 6 nitrogen and oxygen atoms in total. The van der Waals surface area contributed by atoms with Gasteiger partial charge >= 0.3 is 0 Å². The minimum atomic E-state index is -0.330. The quantitative estimate of drug-likeness (QED) is 0.918. The van der Waals surface area contributed by atoms with Crippen LogP contribution in [0.4, 0.5) is 5.82 Å².